The van der Waals surface area contributed by atoms with Gasteiger partial charge in [0.05, 0.1) is 17.1 Å². The zero-order chi connectivity index (χ0) is 14.5. The van der Waals surface area contributed by atoms with Crippen LogP contribution in [0.25, 0.3) is 10.9 Å². The SMILES string of the molecule is N#Cc1ccc2nccc(NCCc3ccccc3)c2c1. The smallest absolute Gasteiger partial charge is 0.0991 e. The maximum absolute atomic E-state index is 9.02. The lowest BCUT2D eigenvalue weighted by Gasteiger charge is -2.09. The Hall–Kier alpha value is -2.86. The molecule has 1 aromatic heterocycles. The van der Waals surface area contributed by atoms with Crippen LogP contribution in [0.1, 0.15) is 11.1 Å². The molecule has 102 valence electrons. The van der Waals surface area contributed by atoms with Crippen LogP contribution >= 0.6 is 0 Å². The van der Waals surface area contributed by atoms with E-state index < -0.39 is 0 Å². The van der Waals surface area contributed by atoms with Crippen LogP contribution in [0.4, 0.5) is 5.69 Å². The highest BCUT2D eigenvalue weighted by atomic mass is 14.9. The summed E-state index contributed by atoms with van der Waals surface area (Å²) in [7, 11) is 0. The number of benzene rings is 2. The molecule has 3 heteroatoms. The van der Waals surface area contributed by atoms with Crippen LogP contribution in [0.5, 0.6) is 0 Å². The third-order valence-corrected chi connectivity index (χ3v) is 3.44. The van der Waals surface area contributed by atoms with Crippen molar-refractivity contribution in [2.24, 2.45) is 0 Å². The number of hydrogen-bond donors (Lipinski definition) is 1. The van der Waals surface area contributed by atoms with Crippen molar-refractivity contribution in [2.75, 3.05) is 11.9 Å². The minimum atomic E-state index is 0.654. The third-order valence-electron chi connectivity index (χ3n) is 3.44. The van der Waals surface area contributed by atoms with Gasteiger partial charge in [0, 0.05) is 23.8 Å². The lowest BCUT2D eigenvalue weighted by Crippen LogP contribution is -2.05. The number of pyridine rings is 1. The summed E-state index contributed by atoms with van der Waals surface area (Å²) in [6.07, 6.45) is 2.75. The van der Waals surface area contributed by atoms with Gasteiger partial charge in [-0.1, -0.05) is 30.3 Å². The van der Waals surface area contributed by atoms with Crippen molar-refractivity contribution in [3.63, 3.8) is 0 Å². The number of nitriles is 1. The van der Waals surface area contributed by atoms with Gasteiger partial charge in [0.25, 0.3) is 0 Å². The molecule has 0 radical (unpaired) electrons. The Labute approximate surface area is 123 Å². The van der Waals surface area contributed by atoms with Crippen molar-refractivity contribution in [1.82, 2.24) is 4.98 Å². The van der Waals surface area contributed by atoms with E-state index in [2.05, 4.69) is 40.6 Å². The lowest BCUT2D eigenvalue weighted by atomic mass is 10.1. The monoisotopic (exact) mass is 273 g/mol. The zero-order valence-corrected chi connectivity index (χ0v) is 11.6. The molecular formula is C18H15N3. The van der Waals surface area contributed by atoms with Crippen LogP contribution in [0, 0.1) is 11.3 Å². The largest absolute Gasteiger partial charge is 0.384 e. The first-order valence-corrected chi connectivity index (χ1v) is 6.93. The Morgan fingerprint density at radius 2 is 1.90 bits per heavy atom. The fourth-order valence-corrected chi connectivity index (χ4v) is 2.36. The van der Waals surface area contributed by atoms with Crippen LogP contribution in [0.15, 0.2) is 60.8 Å². The molecule has 2 aromatic carbocycles. The number of nitrogens with one attached hydrogen (secondary N) is 1. The molecule has 3 rings (SSSR count). The van der Waals surface area contributed by atoms with Gasteiger partial charge in [0.15, 0.2) is 0 Å². The van der Waals surface area contributed by atoms with Crippen molar-refractivity contribution < 1.29 is 0 Å². The van der Waals surface area contributed by atoms with Gasteiger partial charge >= 0.3 is 0 Å². The second kappa shape index (κ2) is 6.06. The van der Waals surface area contributed by atoms with Crippen molar-refractivity contribution >= 4 is 16.6 Å². The quantitative estimate of drug-likeness (QED) is 0.787. The molecule has 0 bridgehead atoms. The molecule has 0 atom stereocenters. The topological polar surface area (TPSA) is 48.7 Å². The van der Waals surface area contributed by atoms with Gasteiger partial charge < -0.3 is 5.32 Å². The minimum absolute atomic E-state index is 0.654. The van der Waals surface area contributed by atoms with E-state index in [9.17, 15) is 0 Å². The van der Waals surface area contributed by atoms with E-state index in [4.69, 9.17) is 5.26 Å². The predicted molar refractivity (Wildman–Crippen MR) is 85.1 cm³/mol. The average Bonchev–Trinajstić information content (AvgIpc) is 2.55. The zero-order valence-electron chi connectivity index (χ0n) is 11.6. The summed E-state index contributed by atoms with van der Waals surface area (Å²) in [4.78, 5) is 4.33. The lowest BCUT2D eigenvalue weighted by molar-refractivity contribution is 1.02. The number of nitrogens with zero attached hydrogens (tertiary/aromatic N) is 2. The molecule has 0 saturated carbocycles. The van der Waals surface area contributed by atoms with Crippen molar-refractivity contribution in [3.8, 4) is 6.07 Å². The fraction of sp³-hybridized carbons (Fsp3) is 0.111. The molecule has 1 heterocycles. The fourth-order valence-electron chi connectivity index (χ4n) is 2.36. The summed E-state index contributed by atoms with van der Waals surface area (Å²) >= 11 is 0. The number of hydrogen-bond acceptors (Lipinski definition) is 3. The van der Waals surface area contributed by atoms with Gasteiger partial charge in [-0.2, -0.15) is 5.26 Å². The molecule has 3 nitrogen and oxygen atoms in total. The number of anilines is 1. The second-order valence-electron chi connectivity index (χ2n) is 4.86. The van der Waals surface area contributed by atoms with Gasteiger partial charge in [0.2, 0.25) is 0 Å². The van der Waals surface area contributed by atoms with Crippen LogP contribution < -0.4 is 5.32 Å². The first kappa shape index (κ1) is 13.1. The van der Waals surface area contributed by atoms with E-state index >= 15 is 0 Å². The van der Waals surface area contributed by atoms with Gasteiger partial charge in [-0.25, -0.2) is 0 Å². The molecule has 0 aliphatic heterocycles. The summed E-state index contributed by atoms with van der Waals surface area (Å²) in [5.74, 6) is 0. The van der Waals surface area contributed by atoms with E-state index in [1.54, 1.807) is 12.3 Å². The van der Waals surface area contributed by atoms with Crippen LogP contribution in [-0.2, 0) is 6.42 Å². The molecule has 3 aromatic rings. The summed E-state index contributed by atoms with van der Waals surface area (Å²) in [5, 5.41) is 13.5. The minimum Gasteiger partial charge on any atom is -0.384 e. The molecule has 0 spiro atoms. The Bertz CT molecular complexity index is 788. The van der Waals surface area contributed by atoms with Crippen LogP contribution in [-0.4, -0.2) is 11.5 Å². The van der Waals surface area contributed by atoms with Gasteiger partial charge in [-0.15, -0.1) is 0 Å². The first-order valence-electron chi connectivity index (χ1n) is 6.93. The Morgan fingerprint density at radius 3 is 2.71 bits per heavy atom. The highest BCUT2D eigenvalue weighted by Crippen LogP contribution is 2.22. The van der Waals surface area contributed by atoms with Crippen LogP contribution in [0.3, 0.4) is 0 Å². The summed E-state index contributed by atoms with van der Waals surface area (Å²) in [5.41, 5.74) is 3.88. The van der Waals surface area contributed by atoms with Crippen molar-refractivity contribution in [3.05, 3.63) is 71.9 Å². The molecule has 21 heavy (non-hydrogen) atoms. The molecule has 1 N–H and O–H groups in total. The van der Waals surface area contributed by atoms with E-state index in [0.717, 1.165) is 29.6 Å². The summed E-state index contributed by atoms with van der Waals surface area (Å²) in [6.45, 7) is 0.847. The van der Waals surface area contributed by atoms with Gasteiger partial charge in [-0.05, 0) is 36.2 Å². The Balaban J connectivity index is 1.79. The normalized spacial score (nSPS) is 10.2. The average molecular weight is 273 g/mol. The summed E-state index contributed by atoms with van der Waals surface area (Å²) in [6, 6.07) is 20.1. The number of fused-ring (bicyclic) bond motifs is 1. The van der Waals surface area contributed by atoms with Crippen molar-refractivity contribution in [1.29, 1.82) is 5.26 Å². The van der Waals surface area contributed by atoms with E-state index in [1.165, 1.54) is 5.56 Å². The second-order valence-corrected chi connectivity index (χ2v) is 4.86. The number of aromatic nitrogens is 1. The molecule has 0 fully saturated rings. The highest BCUT2D eigenvalue weighted by Gasteiger charge is 2.03. The predicted octanol–water partition coefficient (Wildman–Crippen LogP) is 3.76. The van der Waals surface area contributed by atoms with Crippen LogP contribution in [0.2, 0.25) is 0 Å². The molecule has 0 saturated heterocycles. The standard InChI is InChI=1S/C18H15N3/c19-13-15-6-7-17-16(12-15)18(9-11-21-17)20-10-8-14-4-2-1-3-5-14/h1-7,9,11-12H,8,10H2,(H,20,21). The first-order chi connectivity index (χ1) is 10.4. The Kier molecular flexibility index (Phi) is 3.79. The molecule has 0 aliphatic rings. The molecule has 0 aliphatic carbocycles. The van der Waals surface area contributed by atoms with Gasteiger partial charge in [0.1, 0.15) is 0 Å². The van der Waals surface area contributed by atoms with E-state index in [-0.39, 0.29) is 0 Å². The summed E-state index contributed by atoms with van der Waals surface area (Å²) < 4.78 is 0. The molecule has 0 unspecified atom stereocenters. The van der Waals surface area contributed by atoms with E-state index in [0.29, 0.717) is 5.56 Å². The molecule has 0 amide bonds. The van der Waals surface area contributed by atoms with Gasteiger partial charge in [-0.3, -0.25) is 4.98 Å². The molecular weight excluding hydrogens is 258 g/mol. The maximum atomic E-state index is 9.02. The maximum Gasteiger partial charge on any atom is 0.0991 e. The third kappa shape index (κ3) is 3.01. The van der Waals surface area contributed by atoms with Crippen molar-refractivity contribution in [2.45, 2.75) is 6.42 Å². The van der Waals surface area contributed by atoms with E-state index in [1.807, 2.05) is 24.3 Å². The highest BCUT2D eigenvalue weighted by molar-refractivity contribution is 5.91. The Morgan fingerprint density at radius 1 is 1.05 bits per heavy atom. The number of rotatable bonds is 4.